The van der Waals surface area contributed by atoms with Gasteiger partial charge < -0.3 is 19.8 Å². The fourth-order valence-electron chi connectivity index (χ4n) is 3.65. The maximum atomic E-state index is 12.8. The third-order valence-electron chi connectivity index (χ3n) is 5.23. The highest BCUT2D eigenvalue weighted by Crippen LogP contribution is 2.28. The number of benzene rings is 2. The first-order valence-corrected chi connectivity index (χ1v) is 11.6. The second-order valence-electron chi connectivity index (χ2n) is 9.10. The van der Waals surface area contributed by atoms with Crippen LogP contribution in [0.5, 0.6) is 0 Å². The van der Waals surface area contributed by atoms with Gasteiger partial charge >= 0.3 is 12.1 Å². The summed E-state index contributed by atoms with van der Waals surface area (Å²) in [5.74, 6) is -0.587. The number of ether oxygens (including phenoxy) is 2. The van der Waals surface area contributed by atoms with Crippen molar-refractivity contribution in [3.8, 4) is 11.1 Å². The van der Waals surface area contributed by atoms with Crippen LogP contribution in [-0.4, -0.2) is 35.8 Å². The summed E-state index contributed by atoms with van der Waals surface area (Å²) in [4.78, 5) is 39.9. The van der Waals surface area contributed by atoms with E-state index in [0.717, 1.165) is 16.7 Å². The van der Waals surface area contributed by atoms with Crippen LogP contribution in [0.25, 0.3) is 11.1 Å². The number of aromatic amines is 1. The highest BCUT2D eigenvalue weighted by Gasteiger charge is 2.25. The lowest BCUT2D eigenvalue weighted by atomic mass is 9.95. The Bertz CT molecular complexity index is 1230. The molecule has 1 heterocycles. The van der Waals surface area contributed by atoms with Crippen LogP contribution < -0.4 is 10.9 Å². The predicted molar refractivity (Wildman–Crippen MR) is 136 cm³/mol. The lowest BCUT2D eigenvalue weighted by Crippen LogP contribution is -2.45. The van der Waals surface area contributed by atoms with E-state index in [2.05, 4.69) is 10.3 Å². The van der Waals surface area contributed by atoms with E-state index in [1.54, 1.807) is 45.0 Å². The van der Waals surface area contributed by atoms with Crippen LogP contribution in [0, 0.1) is 0 Å². The van der Waals surface area contributed by atoms with E-state index in [1.165, 1.54) is 13.3 Å². The summed E-state index contributed by atoms with van der Waals surface area (Å²) >= 11 is 6.47. The molecule has 0 unspecified atom stereocenters. The average Bonchev–Trinajstić information content (AvgIpc) is 2.81. The number of esters is 1. The van der Waals surface area contributed by atoms with Gasteiger partial charge in [0.1, 0.15) is 11.6 Å². The summed E-state index contributed by atoms with van der Waals surface area (Å²) < 4.78 is 10.1. The maximum absolute atomic E-state index is 12.8. The van der Waals surface area contributed by atoms with Crippen LogP contribution in [0.2, 0.25) is 5.02 Å². The third kappa shape index (κ3) is 7.20. The molecule has 7 nitrogen and oxygen atoms in total. The number of methoxy groups -OCH3 is 1. The van der Waals surface area contributed by atoms with E-state index in [0.29, 0.717) is 22.6 Å². The van der Waals surface area contributed by atoms with Crippen molar-refractivity contribution in [1.29, 1.82) is 0 Å². The molecule has 0 spiro atoms. The third-order valence-corrected chi connectivity index (χ3v) is 5.57. The van der Waals surface area contributed by atoms with Gasteiger partial charge in [0, 0.05) is 12.6 Å². The molecule has 8 heteroatoms. The van der Waals surface area contributed by atoms with Gasteiger partial charge in [-0.3, -0.25) is 4.79 Å². The maximum Gasteiger partial charge on any atom is 0.408 e. The van der Waals surface area contributed by atoms with Gasteiger partial charge in [0.2, 0.25) is 0 Å². The fraction of sp³-hybridized carbons (Fsp3) is 0.296. The number of pyridine rings is 1. The van der Waals surface area contributed by atoms with Crippen molar-refractivity contribution in [2.45, 2.75) is 45.3 Å². The molecule has 0 radical (unpaired) electrons. The van der Waals surface area contributed by atoms with E-state index < -0.39 is 23.7 Å². The minimum absolute atomic E-state index is 0.189. The largest absolute Gasteiger partial charge is 0.467 e. The SMILES string of the molecule is COC(=O)[C@H](Cc1ccc(-c2c(Cc3ccccc3)c(Cl)c[nH]c2=O)cc1)NC(=O)OC(C)(C)C. The topological polar surface area (TPSA) is 97.5 Å². The molecule has 35 heavy (non-hydrogen) atoms. The molecule has 0 aliphatic rings. The highest BCUT2D eigenvalue weighted by atomic mass is 35.5. The molecule has 0 saturated carbocycles. The van der Waals surface area contributed by atoms with Gasteiger partial charge in [-0.1, -0.05) is 66.2 Å². The van der Waals surface area contributed by atoms with Gasteiger partial charge in [0.15, 0.2) is 0 Å². The van der Waals surface area contributed by atoms with Crippen molar-refractivity contribution in [1.82, 2.24) is 10.3 Å². The van der Waals surface area contributed by atoms with Crippen molar-refractivity contribution in [3.05, 3.63) is 92.9 Å². The molecule has 3 aromatic rings. The minimum atomic E-state index is -0.927. The molecule has 0 aliphatic heterocycles. The monoisotopic (exact) mass is 496 g/mol. The number of alkyl carbamates (subject to hydrolysis) is 1. The smallest absolute Gasteiger partial charge is 0.408 e. The quantitative estimate of drug-likeness (QED) is 0.454. The van der Waals surface area contributed by atoms with Gasteiger partial charge in [0.05, 0.1) is 17.7 Å². The zero-order valence-electron chi connectivity index (χ0n) is 20.2. The lowest BCUT2D eigenvalue weighted by molar-refractivity contribution is -0.143. The van der Waals surface area contributed by atoms with Crippen LogP contribution in [0.4, 0.5) is 4.79 Å². The Hall–Kier alpha value is -3.58. The number of rotatable bonds is 7. The molecule has 0 saturated heterocycles. The number of hydrogen-bond acceptors (Lipinski definition) is 5. The Morgan fingerprint density at radius 3 is 2.29 bits per heavy atom. The van der Waals surface area contributed by atoms with E-state index in [1.807, 2.05) is 30.3 Å². The molecule has 2 N–H and O–H groups in total. The second kappa shape index (κ2) is 11.2. The zero-order valence-corrected chi connectivity index (χ0v) is 20.9. The van der Waals surface area contributed by atoms with Crippen molar-refractivity contribution in [2.24, 2.45) is 0 Å². The van der Waals surface area contributed by atoms with Crippen LogP contribution in [0.15, 0.2) is 65.6 Å². The first-order chi connectivity index (χ1) is 16.6. The molecule has 184 valence electrons. The van der Waals surface area contributed by atoms with Gasteiger partial charge in [-0.15, -0.1) is 0 Å². The molecule has 0 bridgehead atoms. The van der Waals surface area contributed by atoms with Gasteiger partial charge in [-0.05, 0) is 49.4 Å². The summed E-state index contributed by atoms with van der Waals surface area (Å²) in [6.07, 6.45) is 1.49. The fourth-order valence-corrected chi connectivity index (χ4v) is 3.87. The Labute approximate surface area is 209 Å². The average molecular weight is 497 g/mol. The Morgan fingerprint density at radius 1 is 1.03 bits per heavy atom. The molecule has 3 rings (SSSR count). The van der Waals surface area contributed by atoms with Crippen LogP contribution >= 0.6 is 11.6 Å². The number of hydrogen-bond donors (Lipinski definition) is 2. The number of H-pyrrole nitrogens is 1. The molecule has 0 aliphatic carbocycles. The molecule has 2 aromatic carbocycles. The second-order valence-corrected chi connectivity index (χ2v) is 9.51. The number of amides is 1. The van der Waals surface area contributed by atoms with Crippen LogP contribution in [0.3, 0.4) is 0 Å². The Balaban J connectivity index is 1.85. The lowest BCUT2D eigenvalue weighted by Gasteiger charge is -2.22. The van der Waals surface area contributed by atoms with Gasteiger partial charge in [-0.25, -0.2) is 9.59 Å². The summed E-state index contributed by atoms with van der Waals surface area (Å²) in [5, 5.41) is 3.04. The van der Waals surface area contributed by atoms with Crippen molar-refractivity contribution in [2.75, 3.05) is 7.11 Å². The van der Waals surface area contributed by atoms with E-state index in [9.17, 15) is 14.4 Å². The Kier molecular flexibility index (Phi) is 8.35. The zero-order chi connectivity index (χ0) is 25.6. The summed E-state index contributed by atoms with van der Waals surface area (Å²) in [7, 11) is 1.26. The van der Waals surface area contributed by atoms with Crippen LogP contribution in [-0.2, 0) is 27.1 Å². The predicted octanol–water partition coefficient (Wildman–Crippen LogP) is 4.89. The van der Waals surface area contributed by atoms with E-state index in [4.69, 9.17) is 21.1 Å². The summed E-state index contributed by atoms with van der Waals surface area (Å²) in [6, 6.07) is 16.0. The van der Waals surface area contributed by atoms with Crippen LogP contribution in [0.1, 0.15) is 37.5 Å². The standard InChI is InChI=1S/C27H29ClN2O5/c1-27(2,3)35-26(33)30-22(25(32)34-4)15-18-10-12-19(13-11-18)23-20(21(28)16-29-24(23)31)14-17-8-6-5-7-9-17/h5-13,16,22H,14-15H2,1-4H3,(H,29,31)(H,30,33)/t22-/m0/s1. The number of carbonyl (C=O) groups excluding carboxylic acids is 2. The molecule has 1 amide bonds. The number of carbonyl (C=O) groups is 2. The molecular formula is C27H29ClN2O5. The normalized spacial score (nSPS) is 12.0. The Morgan fingerprint density at radius 2 is 1.69 bits per heavy atom. The molecule has 1 atom stereocenters. The molecule has 0 fully saturated rings. The number of aromatic nitrogens is 1. The summed E-state index contributed by atoms with van der Waals surface area (Å²) in [5.41, 5.74) is 2.77. The summed E-state index contributed by atoms with van der Waals surface area (Å²) in [6.45, 7) is 5.21. The molecule has 1 aromatic heterocycles. The highest BCUT2D eigenvalue weighted by molar-refractivity contribution is 6.31. The van der Waals surface area contributed by atoms with Gasteiger partial charge in [-0.2, -0.15) is 0 Å². The molecular weight excluding hydrogens is 468 g/mol. The van der Waals surface area contributed by atoms with E-state index >= 15 is 0 Å². The van der Waals surface area contributed by atoms with Gasteiger partial charge in [0.25, 0.3) is 5.56 Å². The minimum Gasteiger partial charge on any atom is -0.467 e. The van der Waals surface area contributed by atoms with Crippen molar-refractivity contribution in [3.63, 3.8) is 0 Å². The van der Waals surface area contributed by atoms with E-state index in [-0.39, 0.29) is 12.0 Å². The number of halogens is 1. The first kappa shape index (κ1) is 26.0. The van der Waals surface area contributed by atoms with Crippen molar-refractivity contribution >= 4 is 23.7 Å². The number of nitrogens with one attached hydrogen (secondary N) is 2. The first-order valence-electron chi connectivity index (χ1n) is 11.2. The van der Waals surface area contributed by atoms with Crippen molar-refractivity contribution < 1.29 is 19.1 Å².